The molecule has 15 heavy (non-hydrogen) atoms. The van der Waals surface area contributed by atoms with Crippen molar-refractivity contribution in [2.24, 2.45) is 0 Å². The van der Waals surface area contributed by atoms with Crippen molar-refractivity contribution < 1.29 is 0 Å². The molecule has 1 nitrogen and oxygen atoms in total. The smallest absolute Gasteiger partial charge is 0.0598 e. The Balaban J connectivity index is 2.58. The summed E-state index contributed by atoms with van der Waals surface area (Å²) in [5.41, 5.74) is 1.38. The summed E-state index contributed by atoms with van der Waals surface area (Å²) < 4.78 is 0. The molecule has 1 atom stereocenters. The summed E-state index contributed by atoms with van der Waals surface area (Å²) in [6.07, 6.45) is 7.53. The summed E-state index contributed by atoms with van der Waals surface area (Å²) in [5, 5.41) is 0. The highest BCUT2D eigenvalue weighted by molar-refractivity contribution is 5.16. The second-order valence-corrected chi connectivity index (χ2v) is 3.87. The molecular weight excluding hydrogens is 182 g/mol. The zero-order valence-corrected chi connectivity index (χ0v) is 9.61. The SMILES string of the molecule is C#CCN(C)[C@H](CC)Cc1ccccc1. The van der Waals surface area contributed by atoms with Crippen LogP contribution in [0.1, 0.15) is 18.9 Å². The first-order valence-electron chi connectivity index (χ1n) is 5.45. The van der Waals surface area contributed by atoms with Crippen molar-refractivity contribution in [3.8, 4) is 12.3 Å². The molecule has 0 spiro atoms. The number of terminal acetylenes is 1. The zero-order valence-electron chi connectivity index (χ0n) is 9.61. The summed E-state index contributed by atoms with van der Waals surface area (Å²) in [7, 11) is 2.09. The molecule has 0 aliphatic carbocycles. The maximum atomic E-state index is 5.32. The van der Waals surface area contributed by atoms with Gasteiger partial charge >= 0.3 is 0 Å². The second kappa shape index (κ2) is 6.27. The van der Waals surface area contributed by atoms with Crippen molar-refractivity contribution in [1.29, 1.82) is 0 Å². The highest BCUT2D eigenvalue weighted by Crippen LogP contribution is 2.10. The highest BCUT2D eigenvalue weighted by Gasteiger charge is 2.11. The van der Waals surface area contributed by atoms with Gasteiger partial charge in [-0.15, -0.1) is 6.42 Å². The van der Waals surface area contributed by atoms with Gasteiger partial charge in [0.25, 0.3) is 0 Å². The van der Waals surface area contributed by atoms with Crippen LogP contribution in [0.4, 0.5) is 0 Å². The minimum atomic E-state index is 0.545. The van der Waals surface area contributed by atoms with E-state index in [0.29, 0.717) is 6.04 Å². The van der Waals surface area contributed by atoms with E-state index in [-0.39, 0.29) is 0 Å². The van der Waals surface area contributed by atoms with Gasteiger partial charge in [0.2, 0.25) is 0 Å². The van der Waals surface area contributed by atoms with Gasteiger partial charge < -0.3 is 0 Å². The average molecular weight is 201 g/mol. The molecule has 0 aliphatic heterocycles. The monoisotopic (exact) mass is 201 g/mol. The van der Waals surface area contributed by atoms with Gasteiger partial charge in [0.05, 0.1) is 6.54 Å². The third-order valence-corrected chi connectivity index (χ3v) is 2.75. The lowest BCUT2D eigenvalue weighted by Crippen LogP contribution is -2.33. The van der Waals surface area contributed by atoms with Gasteiger partial charge in [0.1, 0.15) is 0 Å². The molecule has 0 radical (unpaired) electrons. The van der Waals surface area contributed by atoms with Crippen molar-refractivity contribution in [3.63, 3.8) is 0 Å². The molecule has 0 saturated heterocycles. The molecule has 0 aliphatic rings. The lowest BCUT2D eigenvalue weighted by atomic mass is 10.0. The zero-order chi connectivity index (χ0) is 11.1. The normalized spacial score (nSPS) is 12.4. The average Bonchev–Trinajstić information content (AvgIpc) is 2.27. The van der Waals surface area contributed by atoms with Crippen LogP contribution < -0.4 is 0 Å². The molecule has 0 unspecified atom stereocenters. The quantitative estimate of drug-likeness (QED) is 0.662. The summed E-state index contributed by atoms with van der Waals surface area (Å²) in [4.78, 5) is 2.24. The number of hydrogen-bond acceptors (Lipinski definition) is 1. The topological polar surface area (TPSA) is 3.24 Å². The van der Waals surface area contributed by atoms with E-state index in [1.54, 1.807) is 0 Å². The number of nitrogens with zero attached hydrogens (tertiary/aromatic N) is 1. The van der Waals surface area contributed by atoms with Crippen LogP contribution in [0, 0.1) is 12.3 Å². The predicted molar refractivity (Wildman–Crippen MR) is 65.7 cm³/mol. The summed E-state index contributed by atoms with van der Waals surface area (Å²) in [6, 6.07) is 11.1. The van der Waals surface area contributed by atoms with Crippen LogP contribution in [0.25, 0.3) is 0 Å². The third kappa shape index (κ3) is 3.77. The Morgan fingerprint density at radius 1 is 1.33 bits per heavy atom. The van der Waals surface area contributed by atoms with Crippen LogP contribution in [0.2, 0.25) is 0 Å². The molecule has 0 bridgehead atoms. The molecule has 80 valence electrons. The van der Waals surface area contributed by atoms with E-state index >= 15 is 0 Å². The molecule has 0 saturated carbocycles. The van der Waals surface area contributed by atoms with Gasteiger partial charge in [-0.1, -0.05) is 43.2 Å². The van der Waals surface area contributed by atoms with Gasteiger partial charge in [0.15, 0.2) is 0 Å². The van der Waals surface area contributed by atoms with Crippen molar-refractivity contribution in [1.82, 2.24) is 4.90 Å². The van der Waals surface area contributed by atoms with E-state index in [1.807, 2.05) is 0 Å². The fourth-order valence-corrected chi connectivity index (χ4v) is 1.77. The molecule has 1 rings (SSSR count). The number of hydrogen-bond donors (Lipinski definition) is 0. The fraction of sp³-hybridized carbons (Fsp3) is 0.429. The van der Waals surface area contributed by atoms with E-state index in [4.69, 9.17) is 6.42 Å². The fourth-order valence-electron chi connectivity index (χ4n) is 1.77. The lowest BCUT2D eigenvalue weighted by Gasteiger charge is -2.25. The minimum absolute atomic E-state index is 0.545. The van der Waals surface area contributed by atoms with Gasteiger partial charge in [-0.25, -0.2) is 0 Å². The maximum absolute atomic E-state index is 5.32. The van der Waals surface area contributed by atoms with Crippen LogP contribution >= 0.6 is 0 Å². The van der Waals surface area contributed by atoms with E-state index in [2.05, 4.69) is 55.1 Å². The van der Waals surface area contributed by atoms with Crippen molar-refractivity contribution >= 4 is 0 Å². The van der Waals surface area contributed by atoms with Crippen LogP contribution in [0.3, 0.4) is 0 Å². The number of rotatable bonds is 5. The molecule has 0 aromatic heterocycles. The molecule has 0 fully saturated rings. The molecular formula is C14H19N. The minimum Gasteiger partial charge on any atom is -0.292 e. The maximum Gasteiger partial charge on any atom is 0.0598 e. The van der Waals surface area contributed by atoms with Crippen molar-refractivity contribution in [2.45, 2.75) is 25.8 Å². The molecule has 0 N–H and O–H groups in total. The molecule has 1 aromatic carbocycles. The second-order valence-electron chi connectivity index (χ2n) is 3.87. The number of likely N-dealkylation sites (N-methyl/N-ethyl adjacent to an activating group) is 1. The molecule has 1 heteroatoms. The highest BCUT2D eigenvalue weighted by atomic mass is 15.1. The van der Waals surface area contributed by atoms with Gasteiger partial charge in [-0.05, 0) is 25.5 Å². The largest absolute Gasteiger partial charge is 0.292 e. The van der Waals surface area contributed by atoms with Gasteiger partial charge in [-0.2, -0.15) is 0 Å². The lowest BCUT2D eigenvalue weighted by molar-refractivity contribution is 0.261. The van der Waals surface area contributed by atoms with Crippen LogP contribution in [0.15, 0.2) is 30.3 Å². The van der Waals surface area contributed by atoms with Crippen LogP contribution in [-0.4, -0.2) is 24.5 Å². The molecule has 1 aromatic rings. The Kier molecular flexibility index (Phi) is 4.93. The van der Waals surface area contributed by atoms with E-state index in [0.717, 1.165) is 19.4 Å². The van der Waals surface area contributed by atoms with Crippen molar-refractivity contribution in [2.75, 3.05) is 13.6 Å². The summed E-state index contributed by atoms with van der Waals surface area (Å²) >= 11 is 0. The molecule has 0 heterocycles. The van der Waals surface area contributed by atoms with Gasteiger partial charge in [-0.3, -0.25) is 4.90 Å². The Bertz CT molecular complexity index is 310. The number of benzene rings is 1. The first-order valence-corrected chi connectivity index (χ1v) is 5.45. The van der Waals surface area contributed by atoms with Crippen molar-refractivity contribution in [3.05, 3.63) is 35.9 Å². The standard InChI is InChI=1S/C14H19N/c1-4-11-15(3)14(5-2)12-13-9-7-6-8-10-13/h1,6-10,14H,5,11-12H2,2-3H3/t14-/m1/s1. The van der Waals surface area contributed by atoms with Crippen LogP contribution in [-0.2, 0) is 6.42 Å². The van der Waals surface area contributed by atoms with E-state index in [1.165, 1.54) is 5.56 Å². The Morgan fingerprint density at radius 2 is 2.00 bits per heavy atom. The first kappa shape index (κ1) is 11.8. The molecule has 0 amide bonds. The predicted octanol–water partition coefficient (Wildman–Crippen LogP) is 2.57. The first-order chi connectivity index (χ1) is 7.27. The Hall–Kier alpha value is -1.26. The Morgan fingerprint density at radius 3 is 2.53 bits per heavy atom. The van der Waals surface area contributed by atoms with Crippen LogP contribution in [0.5, 0.6) is 0 Å². The summed E-state index contributed by atoms with van der Waals surface area (Å²) in [6.45, 7) is 2.94. The summed E-state index contributed by atoms with van der Waals surface area (Å²) in [5.74, 6) is 2.69. The van der Waals surface area contributed by atoms with E-state index < -0.39 is 0 Å². The Labute approximate surface area is 93.1 Å². The third-order valence-electron chi connectivity index (χ3n) is 2.75. The van der Waals surface area contributed by atoms with E-state index in [9.17, 15) is 0 Å². The van der Waals surface area contributed by atoms with Gasteiger partial charge in [0, 0.05) is 6.04 Å².